The van der Waals surface area contributed by atoms with Gasteiger partial charge in [-0.3, -0.25) is 9.59 Å². The Morgan fingerprint density at radius 3 is 2.95 bits per heavy atom. The summed E-state index contributed by atoms with van der Waals surface area (Å²) in [5.74, 6) is -0.116. The van der Waals surface area contributed by atoms with E-state index in [4.69, 9.17) is 0 Å². The van der Waals surface area contributed by atoms with Crippen molar-refractivity contribution >= 4 is 33.4 Å². The molecule has 1 aromatic carbocycles. The highest BCUT2D eigenvalue weighted by Gasteiger charge is 2.21. The van der Waals surface area contributed by atoms with Gasteiger partial charge in [0.2, 0.25) is 11.8 Å². The standard InChI is InChI=1S/C15H20BrN3O2/c1-10-4-5-11(16)9-13(10)19-14(20)6-8-18-15(21)12-3-2-7-17-12/h4-5,9,12,17H,2-3,6-8H2,1H3,(H,18,21)(H,19,20). The Morgan fingerprint density at radius 1 is 1.43 bits per heavy atom. The maximum Gasteiger partial charge on any atom is 0.237 e. The lowest BCUT2D eigenvalue weighted by atomic mass is 10.2. The van der Waals surface area contributed by atoms with Crippen molar-refractivity contribution in [3.8, 4) is 0 Å². The van der Waals surface area contributed by atoms with Crippen LogP contribution in [-0.4, -0.2) is 30.9 Å². The van der Waals surface area contributed by atoms with E-state index in [0.717, 1.165) is 35.1 Å². The molecule has 5 nitrogen and oxygen atoms in total. The molecule has 1 atom stereocenters. The Kier molecular flexibility index (Phi) is 5.76. The second kappa shape index (κ2) is 7.56. The highest BCUT2D eigenvalue weighted by atomic mass is 79.9. The van der Waals surface area contributed by atoms with E-state index in [1.165, 1.54) is 0 Å². The lowest BCUT2D eigenvalue weighted by Gasteiger charge is -2.12. The first kappa shape index (κ1) is 16.0. The molecule has 1 unspecified atom stereocenters. The molecule has 1 heterocycles. The second-order valence-corrected chi connectivity index (χ2v) is 6.11. The summed E-state index contributed by atoms with van der Waals surface area (Å²) >= 11 is 3.38. The summed E-state index contributed by atoms with van der Waals surface area (Å²) < 4.78 is 0.920. The second-order valence-electron chi connectivity index (χ2n) is 5.20. The summed E-state index contributed by atoms with van der Waals surface area (Å²) in [6.07, 6.45) is 2.17. The molecule has 0 bridgehead atoms. The van der Waals surface area contributed by atoms with Crippen LogP contribution in [0.1, 0.15) is 24.8 Å². The minimum atomic E-state index is -0.101. The van der Waals surface area contributed by atoms with E-state index in [-0.39, 0.29) is 24.3 Å². The first-order chi connectivity index (χ1) is 10.1. The van der Waals surface area contributed by atoms with E-state index < -0.39 is 0 Å². The van der Waals surface area contributed by atoms with Gasteiger partial charge in [-0.1, -0.05) is 22.0 Å². The molecule has 1 aliphatic rings. The van der Waals surface area contributed by atoms with E-state index in [2.05, 4.69) is 31.9 Å². The van der Waals surface area contributed by atoms with E-state index in [1.54, 1.807) is 0 Å². The van der Waals surface area contributed by atoms with Crippen LogP contribution < -0.4 is 16.0 Å². The van der Waals surface area contributed by atoms with Gasteiger partial charge in [-0.2, -0.15) is 0 Å². The zero-order valence-electron chi connectivity index (χ0n) is 12.0. The van der Waals surface area contributed by atoms with Crippen LogP contribution in [0.5, 0.6) is 0 Å². The van der Waals surface area contributed by atoms with Crippen LogP contribution in [0, 0.1) is 6.92 Å². The van der Waals surface area contributed by atoms with Gasteiger partial charge in [0.25, 0.3) is 0 Å². The summed E-state index contributed by atoms with van der Waals surface area (Å²) in [7, 11) is 0. The molecule has 2 rings (SSSR count). The first-order valence-electron chi connectivity index (χ1n) is 7.13. The number of carbonyl (C=O) groups is 2. The summed E-state index contributed by atoms with van der Waals surface area (Å²) in [4.78, 5) is 23.7. The summed E-state index contributed by atoms with van der Waals surface area (Å²) in [6, 6.07) is 5.64. The van der Waals surface area contributed by atoms with Crippen molar-refractivity contribution in [1.29, 1.82) is 0 Å². The number of carbonyl (C=O) groups excluding carboxylic acids is 2. The summed E-state index contributed by atoms with van der Waals surface area (Å²) in [5, 5.41) is 8.78. The van der Waals surface area contributed by atoms with Crippen molar-refractivity contribution in [2.24, 2.45) is 0 Å². The van der Waals surface area contributed by atoms with Crippen molar-refractivity contribution in [2.45, 2.75) is 32.2 Å². The normalized spacial score (nSPS) is 17.5. The fraction of sp³-hybridized carbons (Fsp3) is 0.467. The number of amides is 2. The van der Waals surface area contributed by atoms with Crippen LogP contribution in [0.25, 0.3) is 0 Å². The maximum atomic E-state index is 11.9. The first-order valence-corrected chi connectivity index (χ1v) is 7.92. The zero-order valence-corrected chi connectivity index (χ0v) is 13.6. The Balaban J connectivity index is 1.74. The van der Waals surface area contributed by atoms with Gasteiger partial charge >= 0.3 is 0 Å². The quantitative estimate of drug-likeness (QED) is 0.757. The lowest BCUT2D eigenvalue weighted by molar-refractivity contribution is -0.122. The van der Waals surface area contributed by atoms with E-state index in [1.807, 2.05) is 25.1 Å². The highest BCUT2D eigenvalue weighted by molar-refractivity contribution is 9.10. The van der Waals surface area contributed by atoms with E-state index >= 15 is 0 Å². The van der Waals surface area contributed by atoms with Crippen molar-refractivity contribution in [3.63, 3.8) is 0 Å². The number of benzene rings is 1. The Morgan fingerprint density at radius 2 is 2.24 bits per heavy atom. The van der Waals surface area contributed by atoms with Gasteiger partial charge in [0.1, 0.15) is 0 Å². The van der Waals surface area contributed by atoms with Crippen LogP contribution in [0.2, 0.25) is 0 Å². The molecule has 0 aliphatic carbocycles. The zero-order chi connectivity index (χ0) is 15.2. The summed E-state index contributed by atoms with van der Waals surface area (Å²) in [6.45, 7) is 3.19. The molecule has 6 heteroatoms. The molecule has 0 saturated carbocycles. The molecule has 2 amide bonds. The molecule has 1 aromatic rings. The van der Waals surface area contributed by atoms with Crippen LogP contribution in [0.3, 0.4) is 0 Å². The molecule has 0 radical (unpaired) electrons. The highest BCUT2D eigenvalue weighted by Crippen LogP contribution is 2.20. The van der Waals surface area contributed by atoms with Crippen LogP contribution in [-0.2, 0) is 9.59 Å². The molecular weight excluding hydrogens is 334 g/mol. The lowest BCUT2D eigenvalue weighted by Crippen LogP contribution is -2.41. The molecule has 0 spiro atoms. The monoisotopic (exact) mass is 353 g/mol. The number of hydrogen-bond acceptors (Lipinski definition) is 3. The molecular formula is C15H20BrN3O2. The minimum absolute atomic E-state index is 0.0149. The third kappa shape index (κ3) is 4.82. The van der Waals surface area contributed by atoms with Gasteiger partial charge < -0.3 is 16.0 Å². The molecule has 114 valence electrons. The number of hydrogen-bond donors (Lipinski definition) is 3. The van der Waals surface area contributed by atoms with Gasteiger partial charge in [-0.15, -0.1) is 0 Å². The molecule has 1 aliphatic heterocycles. The van der Waals surface area contributed by atoms with Crippen LogP contribution in [0.15, 0.2) is 22.7 Å². The van der Waals surface area contributed by atoms with Gasteiger partial charge in [0.15, 0.2) is 0 Å². The third-order valence-electron chi connectivity index (χ3n) is 3.50. The van der Waals surface area contributed by atoms with Crippen LogP contribution in [0.4, 0.5) is 5.69 Å². The average Bonchev–Trinajstić information content (AvgIpc) is 2.97. The average molecular weight is 354 g/mol. The van der Waals surface area contributed by atoms with Crippen LogP contribution >= 0.6 is 15.9 Å². The van der Waals surface area contributed by atoms with E-state index in [0.29, 0.717) is 6.54 Å². The predicted molar refractivity (Wildman–Crippen MR) is 86.2 cm³/mol. The minimum Gasteiger partial charge on any atom is -0.354 e. The van der Waals surface area contributed by atoms with Gasteiger partial charge in [-0.05, 0) is 44.0 Å². The molecule has 21 heavy (non-hydrogen) atoms. The fourth-order valence-electron chi connectivity index (χ4n) is 2.27. The number of anilines is 1. The molecule has 1 saturated heterocycles. The van der Waals surface area contributed by atoms with Crippen molar-refractivity contribution < 1.29 is 9.59 Å². The molecule has 0 aromatic heterocycles. The van der Waals surface area contributed by atoms with Gasteiger partial charge in [0, 0.05) is 23.1 Å². The Labute approximate surface area is 133 Å². The smallest absolute Gasteiger partial charge is 0.237 e. The Hall–Kier alpha value is -1.40. The SMILES string of the molecule is Cc1ccc(Br)cc1NC(=O)CCNC(=O)C1CCCN1. The van der Waals surface area contributed by atoms with Crippen molar-refractivity contribution in [2.75, 3.05) is 18.4 Å². The van der Waals surface area contributed by atoms with Crippen molar-refractivity contribution in [1.82, 2.24) is 10.6 Å². The van der Waals surface area contributed by atoms with Crippen molar-refractivity contribution in [3.05, 3.63) is 28.2 Å². The number of aryl methyl sites for hydroxylation is 1. The predicted octanol–water partition coefficient (Wildman–Crippen LogP) is 1.95. The van der Waals surface area contributed by atoms with Gasteiger partial charge in [0.05, 0.1) is 6.04 Å². The third-order valence-corrected chi connectivity index (χ3v) is 4.00. The molecule has 1 fully saturated rings. The fourth-order valence-corrected chi connectivity index (χ4v) is 2.63. The molecule has 3 N–H and O–H groups in total. The topological polar surface area (TPSA) is 70.2 Å². The summed E-state index contributed by atoms with van der Waals surface area (Å²) in [5.41, 5.74) is 1.80. The number of halogens is 1. The van der Waals surface area contributed by atoms with Gasteiger partial charge in [-0.25, -0.2) is 0 Å². The van der Waals surface area contributed by atoms with E-state index in [9.17, 15) is 9.59 Å². The Bertz CT molecular complexity index is 528. The number of rotatable bonds is 5. The largest absolute Gasteiger partial charge is 0.354 e. The maximum absolute atomic E-state index is 11.9. The number of nitrogens with one attached hydrogen (secondary N) is 3.